The van der Waals surface area contributed by atoms with Crippen LogP contribution in [0.5, 0.6) is 0 Å². The lowest BCUT2D eigenvalue weighted by atomic mass is 10.1. The van der Waals surface area contributed by atoms with E-state index in [2.05, 4.69) is 4.74 Å². The topological polar surface area (TPSA) is 69.4 Å². The van der Waals surface area contributed by atoms with Crippen molar-refractivity contribution in [1.82, 2.24) is 0 Å². The molecule has 2 N–H and O–H groups in total. The molecular formula is C8H15NO3. The molecule has 1 unspecified atom stereocenters. The molecule has 0 aromatic heterocycles. The summed E-state index contributed by atoms with van der Waals surface area (Å²) in [5.41, 5.74) is 5.45. The van der Waals surface area contributed by atoms with Gasteiger partial charge in [-0.25, -0.2) is 0 Å². The van der Waals surface area contributed by atoms with Crippen LogP contribution in [0.4, 0.5) is 0 Å². The molecule has 0 aromatic carbocycles. The van der Waals surface area contributed by atoms with Crippen LogP contribution in [0.2, 0.25) is 0 Å². The summed E-state index contributed by atoms with van der Waals surface area (Å²) in [6.45, 7) is 2.08. The van der Waals surface area contributed by atoms with Crippen LogP contribution in [-0.4, -0.2) is 24.9 Å². The van der Waals surface area contributed by atoms with Crippen LogP contribution >= 0.6 is 0 Å². The van der Waals surface area contributed by atoms with Gasteiger partial charge in [-0.05, 0) is 19.8 Å². The normalized spacial score (nSPS) is 12.2. The Balaban J connectivity index is 3.49. The molecule has 0 saturated carbocycles. The number of nitrogens with two attached hydrogens (primary N) is 1. The molecule has 0 amide bonds. The predicted molar refractivity (Wildman–Crippen MR) is 44.5 cm³/mol. The van der Waals surface area contributed by atoms with Crippen molar-refractivity contribution in [2.24, 2.45) is 5.73 Å². The average Bonchev–Trinajstić information content (AvgIpc) is 2.05. The number of esters is 1. The van der Waals surface area contributed by atoms with Crippen molar-refractivity contribution in [3.05, 3.63) is 0 Å². The lowest BCUT2D eigenvalue weighted by Gasteiger charge is -2.08. The fraction of sp³-hybridized carbons (Fsp3) is 0.750. The SMILES string of the molecule is CCOC(=O)C(N)CCCC=O. The van der Waals surface area contributed by atoms with Crippen molar-refractivity contribution in [1.29, 1.82) is 0 Å². The largest absolute Gasteiger partial charge is 0.465 e. The molecule has 0 aromatic rings. The van der Waals surface area contributed by atoms with Crippen molar-refractivity contribution in [3.8, 4) is 0 Å². The molecule has 4 nitrogen and oxygen atoms in total. The van der Waals surface area contributed by atoms with E-state index >= 15 is 0 Å². The molecule has 0 rings (SSSR count). The van der Waals surface area contributed by atoms with Gasteiger partial charge >= 0.3 is 5.97 Å². The Morgan fingerprint density at radius 2 is 2.33 bits per heavy atom. The van der Waals surface area contributed by atoms with Gasteiger partial charge in [0.05, 0.1) is 6.61 Å². The van der Waals surface area contributed by atoms with Gasteiger partial charge in [0.2, 0.25) is 0 Å². The van der Waals surface area contributed by atoms with E-state index in [0.717, 1.165) is 6.29 Å². The van der Waals surface area contributed by atoms with E-state index in [1.165, 1.54) is 0 Å². The molecule has 0 bridgehead atoms. The summed E-state index contributed by atoms with van der Waals surface area (Å²) in [6.07, 6.45) is 2.42. The van der Waals surface area contributed by atoms with Crippen LogP contribution < -0.4 is 5.73 Å². The molecule has 12 heavy (non-hydrogen) atoms. The van der Waals surface area contributed by atoms with E-state index in [0.29, 0.717) is 25.9 Å². The highest BCUT2D eigenvalue weighted by Crippen LogP contribution is 1.98. The predicted octanol–water partition coefficient (Wildman–Crippen LogP) is 0.246. The molecule has 0 heterocycles. The highest BCUT2D eigenvalue weighted by Gasteiger charge is 2.12. The summed E-state index contributed by atoms with van der Waals surface area (Å²) in [4.78, 5) is 20.8. The van der Waals surface area contributed by atoms with Crippen molar-refractivity contribution >= 4 is 12.3 Å². The number of ether oxygens (including phenoxy) is 1. The fourth-order valence-corrected chi connectivity index (χ4v) is 0.788. The number of carbonyl (C=O) groups excluding carboxylic acids is 2. The molecule has 0 aliphatic heterocycles. The number of rotatable bonds is 6. The minimum absolute atomic E-state index is 0.347. The van der Waals surface area contributed by atoms with Gasteiger partial charge in [-0.1, -0.05) is 0 Å². The molecule has 0 aliphatic rings. The Labute approximate surface area is 72.1 Å². The zero-order valence-corrected chi connectivity index (χ0v) is 7.29. The third-order valence-corrected chi connectivity index (χ3v) is 1.43. The van der Waals surface area contributed by atoms with E-state index in [4.69, 9.17) is 5.73 Å². The Morgan fingerprint density at radius 3 is 2.83 bits per heavy atom. The summed E-state index contributed by atoms with van der Waals surface area (Å²) in [7, 11) is 0. The van der Waals surface area contributed by atoms with Crippen LogP contribution in [-0.2, 0) is 14.3 Å². The number of hydrogen-bond donors (Lipinski definition) is 1. The smallest absolute Gasteiger partial charge is 0.322 e. The van der Waals surface area contributed by atoms with Crippen LogP contribution in [0.25, 0.3) is 0 Å². The second-order valence-corrected chi connectivity index (χ2v) is 2.46. The molecule has 4 heteroatoms. The number of carbonyl (C=O) groups is 2. The van der Waals surface area contributed by atoms with Gasteiger partial charge in [0, 0.05) is 6.42 Å². The van der Waals surface area contributed by atoms with E-state index in [1.807, 2.05) is 0 Å². The van der Waals surface area contributed by atoms with Gasteiger partial charge in [-0.3, -0.25) is 4.79 Å². The number of aldehydes is 1. The summed E-state index contributed by atoms with van der Waals surface area (Å²) in [5.74, 6) is -0.386. The van der Waals surface area contributed by atoms with Gasteiger partial charge in [0.25, 0.3) is 0 Å². The Hall–Kier alpha value is -0.900. The summed E-state index contributed by atoms with van der Waals surface area (Å²) >= 11 is 0. The first-order chi connectivity index (χ1) is 5.72. The van der Waals surface area contributed by atoms with Crippen molar-refractivity contribution in [3.63, 3.8) is 0 Å². The zero-order chi connectivity index (χ0) is 9.40. The third-order valence-electron chi connectivity index (χ3n) is 1.43. The quantitative estimate of drug-likeness (QED) is 0.355. The number of hydrogen-bond acceptors (Lipinski definition) is 4. The van der Waals surface area contributed by atoms with Gasteiger partial charge in [0.1, 0.15) is 12.3 Å². The van der Waals surface area contributed by atoms with Crippen molar-refractivity contribution in [2.75, 3.05) is 6.61 Å². The first kappa shape index (κ1) is 11.1. The third kappa shape index (κ3) is 4.85. The van der Waals surface area contributed by atoms with Crippen molar-refractivity contribution < 1.29 is 14.3 Å². The average molecular weight is 173 g/mol. The van der Waals surface area contributed by atoms with Gasteiger partial charge < -0.3 is 15.3 Å². The Bertz CT molecular complexity index is 147. The van der Waals surface area contributed by atoms with E-state index in [9.17, 15) is 9.59 Å². The molecule has 0 saturated heterocycles. The second kappa shape index (κ2) is 6.79. The maximum absolute atomic E-state index is 10.9. The van der Waals surface area contributed by atoms with Crippen LogP contribution in [0.3, 0.4) is 0 Å². The minimum Gasteiger partial charge on any atom is -0.465 e. The molecule has 70 valence electrons. The van der Waals surface area contributed by atoms with E-state index < -0.39 is 6.04 Å². The van der Waals surface area contributed by atoms with E-state index in [-0.39, 0.29) is 5.97 Å². The summed E-state index contributed by atoms with van der Waals surface area (Å²) < 4.78 is 4.68. The monoisotopic (exact) mass is 173 g/mol. The Kier molecular flexibility index (Phi) is 6.28. The van der Waals surface area contributed by atoms with E-state index in [1.54, 1.807) is 6.92 Å². The lowest BCUT2D eigenvalue weighted by molar-refractivity contribution is -0.144. The van der Waals surface area contributed by atoms with Crippen LogP contribution in [0.15, 0.2) is 0 Å². The first-order valence-corrected chi connectivity index (χ1v) is 4.08. The fourth-order valence-electron chi connectivity index (χ4n) is 0.788. The first-order valence-electron chi connectivity index (χ1n) is 4.08. The maximum Gasteiger partial charge on any atom is 0.322 e. The van der Waals surface area contributed by atoms with Crippen molar-refractivity contribution in [2.45, 2.75) is 32.2 Å². The van der Waals surface area contributed by atoms with Gasteiger partial charge in [-0.2, -0.15) is 0 Å². The zero-order valence-electron chi connectivity index (χ0n) is 7.29. The maximum atomic E-state index is 10.9. The molecular weight excluding hydrogens is 158 g/mol. The molecule has 0 aliphatic carbocycles. The molecule has 1 atom stereocenters. The summed E-state index contributed by atoms with van der Waals surface area (Å²) in [6, 6.07) is -0.579. The lowest BCUT2D eigenvalue weighted by Crippen LogP contribution is -2.32. The second-order valence-electron chi connectivity index (χ2n) is 2.46. The van der Waals surface area contributed by atoms with Gasteiger partial charge in [-0.15, -0.1) is 0 Å². The molecule has 0 radical (unpaired) electrons. The van der Waals surface area contributed by atoms with Gasteiger partial charge in [0.15, 0.2) is 0 Å². The minimum atomic E-state index is -0.579. The number of unbranched alkanes of at least 4 members (excludes halogenated alkanes) is 1. The van der Waals surface area contributed by atoms with Crippen LogP contribution in [0, 0.1) is 0 Å². The molecule has 0 fully saturated rings. The summed E-state index contributed by atoms with van der Waals surface area (Å²) in [5, 5.41) is 0. The highest BCUT2D eigenvalue weighted by atomic mass is 16.5. The Morgan fingerprint density at radius 1 is 1.67 bits per heavy atom. The standard InChI is InChI=1S/C8H15NO3/c1-2-12-8(11)7(9)5-3-4-6-10/h6-7H,2-5,9H2,1H3. The van der Waals surface area contributed by atoms with Crippen LogP contribution in [0.1, 0.15) is 26.2 Å². The molecule has 0 spiro atoms. The highest BCUT2D eigenvalue weighted by molar-refractivity contribution is 5.75.